The van der Waals surface area contributed by atoms with Crippen molar-refractivity contribution in [2.45, 2.75) is 77.9 Å². The minimum Gasteiger partial charge on any atom is -0.493 e. The Labute approximate surface area is 162 Å². The zero-order valence-electron chi connectivity index (χ0n) is 17.1. The lowest BCUT2D eigenvalue weighted by Gasteiger charge is -2.66. The van der Waals surface area contributed by atoms with Gasteiger partial charge in [-0.05, 0) is 72.1 Å². The number of carbonyl (C=O) groups is 1. The summed E-state index contributed by atoms with van der Waals surface area (Å²) >= 11 is 0. The van der Waals surface area contributed by atoms with Gasteiger partial charge in [0.15, 0.2) is 0 Å². The summed E-state index contributed by atoms with van der Waals surface area (Å²) in [5, 5.41) is 0. The predicted molar refractivity (Wildman–Crippen MR) is 105 cm³/mol. The van der Waals surface area contributed by atoms with Crippen LogP contribution in [0.25, 0.3) is 0 Å². The van der Waals surface area contributed by atoms with Crippen LogP contribution < -0.4 is 0 Å². The molecule has 5 aliphatic rings. The van der Waals surface area contributed by atoms with Crippen LogP contribution in [0.1, 0.15) is 66.2 Å². The van der Waals surface area contributed by atoms with E-state index in [1.54, 1.807) is 0 Å². The molecular weight excluding hydrogens is 336 g/mol. The molecule has 0 radical (unpaired) electrons. The smallest absolute Gasteiger partial charge is 0.338 e. The minimum atomic E-state index is -0.382. The molecule has 2 heterocycles. The highest BCUT2D eigenvalue weighted by Crippen LogP contribution is 2.74. The van der Waals surface area contributed by atoms with E-state index in [-0.39, 0.29) is 23.1 Å². The van der Waals surface area contributed by atoms with E-state index in [2.05, 4.69) is 33.4 Å². The Kier molecular flexibility index (Phi) is 3.59. The van der Waals surface area contributed by atoms with E-state index < -0.39 is 0 Å². The summed E-state index contributed by atoms with van der Waals surface area (Å²) in [5.74, 6) is 2.40. The number of allylic oxidation sites excluding steroid dienone is 3. The SMILES string of the molecule is C=C1CCC=C(C)CCC2C1C1OC(C)=C3C(=O)OC(C)(C)C4CCC21C34. The fraction of sp³-hybridized carbons (Fsp3) is 0.708. The summed E-state index contributed by atoms with van der Waals surface area (Å²) in [6.07, 6.45) is 9.39. The summed E-state index contributed by atoms with van der Waals surface area (Å²) in [5.41, 5.74) is 3.44. The molecule has 27 heavy (non-hydrogen) atoms. The lowest BCUT2D eigenvalue weighted by atomic mass is 9.42. The van der Waals surface area contributed by atoms with Crippen LogP contribution in [0.3, 0.4) is 0 Å². The van der Waals surface area contributed by atoms with Crippen molar-refractivity contribution in [3.63, 3.8) is 0 Å². The monoisotopic (exact) mass is 368 g/mol. The van der Waals surface area contributed by atoms with Gasteiger partial charge in [-0.2, -0.15) is 0 Å². The number of hydrogen-bond donors (Lipinski definition) is 0. The zero-order valence-corrected chi connectivity index (χ0v) is 17.1. The van der Waals surface area contributed by atoms with E-state index in [0.29, 0.717) is 23.7 Å². The average molecular weight is 369 g/mol. The Morgan fingerprint density at radius 2 is 1.93 bits per heavy atom. The maximum Gasteiger partial charge on any atom is 0.338 e. The molecular formula is C24H32O3. The highest BCUT2D eigenvalue weighted by Gasteiger charge is 2.75. The van der Waals surface area contributed by atoms with Crippen molar-refractivity contribution in [2.24, 2.45) is 29.1 Å². The van der Waals surface area contributed by atoms with Gasteiger partial charge in [-0.15, -0.1) is 0 Å². The molecule has 1 saturated heterocycles. The van der Waals surface area contributed by atoms with Gasteiger partial charge in [0.1, 0.15) is 17.5 Å². The number of hydrogen-bond acceptors (Lipinski definition) is 3. The molecule has 6 atom stereocenters. The van der Waals surface area contributed by atoms with Gasteiger partial charge in [-0.3, -0.25) is 0 Å². The van der Waals surface area contributed by atoms with Crippen LogP contribution in [0, 0.1) is 29.1 Å². The lowest BCUT2D eigenvalue weighted by Crippen LogP contribution is -2.68. The first-order valence-electron chi connectivity index (χ1n) is 10.7. The molecule has 0 bridgehead atoms. The van der Waals surface area contributed by atoms with Gasteiger partial charge in [-0.25, -0.2) is 4.79 Å². The number of esters is 1. The van der Waals surface area contributed by atoms with Crippen LogP contribution in [0.4, 0.5) is 0 Å². The molecule has 0 aromatic rings. The maximum absolute atomic E-state index is 12.9. The summed E-state index contributed by atoms with van der Waals surface area (Å²) < 4.78 is 12.4. The Morgan fingerprint density at radius 1 is 1.15 bits per heavy atom. The Morgan fingerprint density at radius 3 is 2.70 bits per heavy atom. The quantitative estimate of drug-likeness (QED) is 0.428. The summed E-state index contributed by atoms with van der Waals surface area (Å²) in [6, 6.07) is 0. The van der Waals surface area contributed by atoms with Crippen LogP contribution in [-0.4, -0.2) is 17.7 Å². The molecule has 3 aliphatic carbocycles. The van der Waals surface area contributed by atoms with Gasteiger partial charge in [0.2, 0.25) is 0 Å². The Balaban J connectivity index is 1.62. The molecule has 3 nitrogen and oxygen atoms in total. The lowest BCUT2D eigenvalue weighted by molar-refractivity contribution is -0.228. The van der Waals surface area contributed by atoms with Gasteiger partial charge < -0.3 is 9.47 Å². The fourth-order valence-electron chi connectivity index (χ4n) is 7.43. The first-order chi connectivity index (χ1) is 12.8. The third-order valence-electron chi connectivity index (χ3n) is 8.59. The summed E-state index contributed by atoms with van der Waals surface area (Å²) in [6.45, 7) is 12.9. The second kappa shape index (κ2) is 5.52. The Hall–Kier alpha value is -1.51. The van der Waals surface area contributed by atoms with Crippen molar-refractivity contribution in [3.8, 4) is 0 Å². The molecule has 0 amide bonds. The van der Waals surface area contributed by atoms with E-state index in [4.69, 9.17) is 9.47 Å². The van der Waals surface area contributed by atoms with Crippen molar-refractivity contribution < 1.29 is 14.3 Å². The normalized spacial score (nSPS) is 45.0. The van der Waals surface area contributed by atoms with Crippen LogP contribution in [0.5, 0.6) is 0 Å². The molecule has 2 saturated carbocycles. The van der Waals surface area contributed by atoms with Gasteiger partial charge in [0.05, 0.1) is 5.57 Å². The van der Waals surface area contributed by atoms with E-state index in [9.17, 15) is 4.79 Å². The van der Waals surface area contributed by atoms with Gasteiger partial charge in [-0.1, -0.05) is 23.8 Å². The number of fused-ring (bicyclic) bond motifs is 2. The van der Waals surface area contributed by atoms with E-state index in [0.717, 1.165) is 43.4 Å². The molecule has 3 fully saturated rings. The number of cyclic esters (lactones) is 1. The zero-order chi connectivity index (χ0) is 19.1. The molecule has 0 aromatic heterocycles. The van der Waals surface area contributed by atoms with Crippen molar-refractivity contribution in [2.75, 3.05) is 0 Å². The second-order valence-electron chi connectivity index (χ2n) is 10.2. The summed E-state index contributed by atoms with van der Waals surface area (Å²) in [4.78, 5) is 12.9. The molecule has 3 heteroatoms. The Bertz CT molecular complexity index is 785. The van der Waals surface area contributed by atoms with E-state index in [1.165, 1.54) is 17.6 Å². The first-order valence-corrected chi connectivity index (χ1v) is 10.7. The van der Waals surface area contributed by atoms with Crippen molar-refractivity contribution in [1.29, 1.82) is 0 Å². The van der Waals surface area contributed by atoms with Crippen LogP contribution >= 0.6 is 0 Å². The topological polar surface area (TPSA) is 35.5 Å². The molecule has 5 rings (SSSR count). The van der Waals surface area contributed by atoms with Crippen molar-refractivity contribution in [3.05, 3.63) is 35.1 Å². The molecule has 0 N–H and O–H groups in total. The second-order valence-corrected chi connectivity index (χ2v) is 10.2. The molecule has 1 spiro atoms. The standard InChI is InChI=1S/C24H32O3/c1-13-7-6-8-14(2)18-16(10-9-13)24-12-11-17-20(24)19(15(3)26-21(18)24)22(25)27-23(17,4)5/h7,16-18,20-21H,2,6,8-12H2,1,3-5H3. The van der Waals surface area contributed by atoms with Crippen molar-refractivity contribution in [1.82, 2.24) is 0 Å². The van der Waals surface area contributed by atoms with Gasteiger partial charge in [0, 0.05) is 23.2 Å². The maximum atomic E-state index is 12.9. The third-order valence-corrected chi connectivity index (χ3v) is 8.59. The third kappa shape index (κ3) is 2.12. The number of carbonyl (C=O) groups excluding carboxylic acids is 1. The van der Waals surface area contributed by atoms with Crippen LogP contribution in [-0.2, 0) is 14.3 Å². The number of ether oxygens (including phenoxy) is 2. The molecule has 2 aliphatic heterocycles. The van der Waals surface area contributed by atoms with E-state index in [1.807, 2.05) is 6.92 Å². The molecule has 0 aromatic carbocycles. The van der Waals surface area contributed by atoms with Crippen LogP contribution in [0.15, 0.2) is 35.1 Å². The van der Waals surface area contributed by atoms with Gasteiger partial charge >= 0.3 is 5.97 Å². The van der Waals surface area contributed by atoms with Crippen molar-refractivity contribution >= 4 is 5.97 Å². The fourth-order valence-corrected chi connectivity index (χ4v) is 7.43. The first kappa shape index (κ1) is 17.6. The minimum absolute atomic E-state index is 0.106. The van der Waals surface area contributed by atoms with Gasteiger partial charge in [0.25, 0.3) is 0 Å². The highest BCUT2D eigenvalue weighted by molar-refractivity contribution is 5.91. The molecule has 146 valence electrons. The van der Waals surface area contributed by atoms with E-state index >= 15 is 0 Å². The predicted octanol–water partition coefficient (Wildman–Crippen LogP) is 5.33. The largest absolute Gasteiger partial charge is 0.493 e. The van der Waals surface area contributed by atoms with Crippen LogP contribution in [0.2, 0.25) is 0 Å². The molecule has 6 unspecified atom stereocenters. The highest BCUT2D eigenvalue weighted by atomic mass is 16.6. The number of rotatable bonds is 0. The average Bonchev–Trinajstić information content (AvgIpc) is 3.00. The summed E-state index contributed by atoms with van der Waals surface area (Å²) in [7, 11) is 0.